The van der Waals surface area contributed by atoms with E-state index in [0.717, 1.165) is 0 Å². The Labute approximate surface area is 171 Å². The van der Waals surface area contributed by atoms with Gasteiger partial charge >= 0.3 is 12.1 Å². The molecule has 6 heteroatoms. The second kappa shape index (κ2) is 9.56. The SMILES string of the molecule is CC(C)OC(=O)C(N)CCCNC(=O)OCC1c2ccccc2-c2ccccc21. The molecule has 3 rings (SSSR count). The van der Waals surface area contributed by atoms with Crippen molar-refractivity contribution in [2.75, 3.05) is 13.2 Å². The Hall–Kier alpha value is -2.86. The van der Waals surface area contributed by atoms with Gasteiger partial charge in [-0.15, -0.1) is 0 Å². The third kappa shape index (κ3) is 5.15. The van der Waals surface area contributed by atoms with Crippen LogP contribution in [0.2, 0.25) is 0 Å². The van der Waals surface area contributed by atoms with Crippen molar-refractivity contribution in [1.29, 1.82) is 0 Å². The highest BCUT2D eigenvalue weighted by Gasteiger charge is 2.28. The second-order valence-electron chi connectivity index (χ2n) is 7.49. The number of ether oxygens (including phenoxy) is 2. The quantitative estimate of drug-likeness (QED) is 0.526. The maximum atomic E-state index is 12.1. The molecule has 1 atom stereocenters. The van der Waals surface area contributed by atoms with Gasteiger partial charge in [0.25, 0.3) is 0 Å². The third-order valence-electron chi connectivity index (χ3n) is 4.96. The van der Waals surface area contributed by atoms with Crippen LogP contribution in [0.1, 0.15) is 43.7 Å². The van der Waals surface area contributed by atoms with Crippen molar-refractivity contribution in [3.8, 4) is 11.1 Å². The van der Waals surface area contributed by atoms with Gasteiger partial charge in [-0.25, -0.2) is 4.79 Å². The molecule has 1 aliphatic carbocycles. The Balaban J connectivity index is 1.45. The first kappa shape index (κ1) is 20.9. The molecule has 0 bridgehead atoms. The Kier molecular flexibility index (Phi) is 6.88. The molecule has 0 aliphatic heterocycles. The van der Waals surface area contributed by atoms with Crippen molar-refractivity contribution < 1.29 is 19.1 Å². The molecule has 2 aromatic rings. The zero-order chi connectivity index (χ0) is 20.8. The number of rotatable bonds is 8. The van der Waals surface area contributed by atoms with Crippen molar-refractivity contribution in [1.82, 2.24) is 5.32 Å². The summed E-state index contributed by atoms with van der Waals surface area (Å²) in [7, 11) is 0. The van der Waals surface area contributed by atoms with Crippen molar-refractivity contribution in [3.05, 3.63) is 59.7 Å². The van der Waals surface area contributed by atoms with Gasteiger partial charge in [0, 0.05) is 12.5 Å². The molecule has 0 heterocycles. The number of hydrogen-bond donors (Lipinski definition) is 2. The maximum absolute atomic E-state index is 12.1. The molecule has 0 fully saturated rings. The van der Waals surface area contributed by atoms with Crippen LogP contribution in [-0.2, 0) is 14.3 Å². The van der Waals surface area contributed by atoms with Crippen LogP contribution in [0.15, 0.2) is 48.5 Å². The summed E-state index contributed by atoms with van der Waals surface area (Å²) in [6.07, 6.45) is 0.353. The van der Waals surface area contributed by atoms with E-state index in [1.807, 2.05) is 24.3 Å². The van der Waals surface area contributed by atoms with Gasteiger partial charge in [0.2, 0.25) is 0 Å². The van der Waals surface area contributed by atoms with Gasteiger partial charge in [0.1, 0.15) is 12.6 Å². The number of amides is 1. The topological polar surface area (TPSA) is 90.6 Å². The number of hydrogen-bond acceptors (Lipinski definition) is 5. The maximum Gasteiger partial charge on any atom is 0.407 e. The summed E-state index contributed by atoms with van der Waals surface area (Å²) in [4.78, 5) is 23.8. The summed E-state index contributed by atoms with van der Waals surface area (Å²) in [5, 5.41) is 2.72. The summed E-state index contributed by atoms with van der Waals surface area (Å²) in [5.74, 6) is -0.381. The Morgan fingerprint density at radius 1 is 1.03 bits per heavy atom. The molecule has 0 saturated carbocycles. The zero-order valence-electron chi connectivity index (χ0n) is 16.9. The third-order valence-corrected chi connectivity index (χ3v) is 4.96. The lowest BCUT2D eigenvalue weighted by atomic mass is 9.98. The first-order chi connectivity index (χ1) is 14.0. The smallest absolute Gasteiger partial charge is 0.407 e. The minimum absolute atomic E-state index is 0.0346. The van der Waals surface area contributed by atoms with Crippen LogP contribution >= 0.6 is 0 Å². The van der Waals surface area contributed by atoms with Gasteiger partial charge in [-0.3, -0.25) is 4.79 Å². The molecule has 29 heavy (non-hydrogen) atoms. The van der Waals surface area contributed by atoms with Crippen molar-refractivity contribution in [3.63, 3.8) is 0 Å². The first-order valence-electron chi connectivity index (χ1n) is 10.0. The monoisotopic (exact) mass is 396 g/mol. The lowest BCUT2D eigenvalue weighted by Gasteiger charge is -2.15. The van der Waals surface area contributed by atoms with Crippen LogP contribution in [0.25, 0.3) is 11.1 Å². The molecule has 0 saturated heterocycles. The minimum Gasteiger partial charge on any atom is -0.462 e. The predicted octanol–water partition coefficient (Wildman–Crippen LogP) is 3.58. The Bertz CT molecular complexity index is 820. The fourth-order valence-corrected chi connectivity index (χ4v) is 3.60. The van der Waals surface area contributed by atoms with Crippen LogP contribution in [0, 0.1) is 0 Å². The van der Waals surface area contributed by atoms with E-state index in [1.165, 1.54) is 22.3 Å². The van der Waals surface area contributed by atoms with Gasteiger partial charge < -0.3 is 20.5 Å². The fourth-order valence-electron chi connectivity index (χ4n) is 3.60. The predicted molar refractivity (Wildman–Crippen MR) is 112 cm³/mol. The van der Waals surface area contributed by atoms with E-state index in [4.69, 9.17) is 15.2 Å². The van der Waals surface area contributed by atoms with Crippen molar-refractivity contribution in [2.24, 2.45) is 5.73 Å². The number of carbonyl (C=O) groups is 2. The van der Waals surface area contributed by atoms with Crippen LogP contribution < -0.4 is 11.1 Å². The normalized spacial score (nSPS) is 13.5. The van der Waals surface area contributed by atoms with E-state index >= 15 is 0 Å². The van der Waals surface area contributed by atoms with Gasteiger partial charge in [0.15, 0.2) is 0 Å². The number of nitrogens with two attached hydrogens (primary N) is 1. The largest absolute Gasteiger partial charge is 0.462 e. The average molecular weight is 396 g/mol. The van der Waals surface area contributed by atoms with Crippen LogP contribution in [0.3, 0.4) is 0 Å². The molecule has 1 amide bonds. The number of benzene rings is 2. The molecule has 0 radical (unpaired) electrons. The Morgan fingerprint density at radius 2 is 1.62 bits per heavy atom. The summed E-state index contributed by atoms with van der Waals surface area (Å²) in [6.45, 7) is 4.23. The van der Waals surface area contributed by atoms with Gasteiger partial charge in [-0.1, -0.05) is 48.5 Å². The van der Waals surface area contributed by atoms with E-state index < -0.39 is 18.1 Å². The molecule has 0 aromatic heterocycles. The fraction of sp³-hybridized carbons (Fsp3) is 0.391. The van der Waals surface area contributed by atoms with E-state index in [1.54, 1.807) is 13.8 Å². The van der Waals surface area contributed by atoms with Gasteiger partial charge in [-0.05, 0) is 48.9 Å². The highest BCUT2D eigenvalue weighted by molar-refractivity contribution is 5.79. The molecule has 1 unspecified atom stereocenters. The van der Waals surface area contributed by atoms with Crippen molar-refractivity contribution in [2.45, 2.75) is 44.8 Å². The van der Waals surface area contributed by atoms with Gasteiger partial charge in [0.05, 0.1) is 6.10 Å². The van der Waals surface area contributed by atoms with Crippen LogP contribution in [0.5, 0.6) is 0 Å². The molecule has 3 N–H and O–H groups in total. The lowest BCUT2D eigenvalue weighted by Crippen LogP contribution is -2.35. The molecule has 2 aromatic carbocycles. The number of alkyl carbamates (subject to hydrolysis) is 1. The van der Waals surface area contributed by atoms with E-state index in [-0.39, 0.29) is 18.6 Å². The number of nitrogens with one attached hydrogen (secondary N) is 1. The summed E-state index contributed by atoms with van der Waals surface area (Å²) in [6, 6.07) is 15.7. The van der Waals surface area contributed by atoms with Crippen LogP contribution in [-0.4, -0.2) is 37.4 Å². The second-order valence-corrected chi connectivity index (χ2v) is 7.49. The number of fused-ring (bicyclic) bond motifs is 3. The Morgan fingerprint density at radius 3 is 2.21 bits per heavy atom. The molecule has 6 nitrogen and oxygen atoms in total. The van der Waals surface area contributed by atoms with E-state index in [0.29, 0.717) is 19.4 Å². The first-order valence-corrected chi connectivity index (χ1v) is 10.0. The summed E-state index contributed by atoms with van der Waals surface area (Å²) in [5.41, 5.74) is 10.5. The van der Waals surface area contributed by atoms with Crippen molar-refractivity contribution >= 4 is 12.1 Å². The van der Waals surface area contributed by atoms with E-state index in [2.05, 4.69) is 29.6 Å². The lowest BCUT2D eigenvalue weighted by molar-refractivity contribution is -0.149. The van der Waals surface area contributed by atoms with Crippen LogP contribution in [0.4, 0.5) is 4.79 Å². The molecular formula is C23H28N2O4. The molecule has 154 valence electrons. The highest BCUT2D eigenvalue weighted by Crippen LogP contribution is 2.44. The molecular weight excluding hydrogens is 368 g/mol. The molecule has 1 aliphatic rings. The summed E-state index contributed by atoms with van der Waals surface area (Å²) >= 11 is 0. The average Bonchev–Trinajstić information content (AvgIpc) is 3.03. The summed E-state index contributed by atoms with van der Waals surface area (Å²) < 4.78 is 10.5. The number of esters is 1. The minimum atomic E-state index is -0.679. The number of carbonyl (C=O) groups excluding carboxylic acids is 2. The standard InChI is InChI=1S/C23H28N2O4/c1-15(2)29-22(26)21(24)12-7-13-25-23(27)28-14-20-18-10-5-3-8-16(18)17-9-4-6-11-19(17)20/h3-6,8-11,15,20-21H,7,12-14,24H2,1-2H3,(H,25,27). The van der Waals surface area contributed by atoms with E-state index in [9.17, 15) is 9.59 Å². The highest BCUT2D eigenvalue weighted by atomic mass is 16.5. The zero-order valence-corrected chi connectivity index (χ0v) is 16.9. The molecule has 0 spiro atoms. The van der Waals surface area contributed by atoms with Gasteiger partial charge in [-0.2, -0.15) is 0 Å².